The Morgan fingerprint density at radius 1 is 1.06 bits per heavy atom. The number of hydrogen-bond acceptors (Lipinski definition) is 4. The lowest BCUT2D eigenvalue weighted by Crippen LogP contribution is -2.30. The Hall–Kier alpha value is -3.49. The normalized spacial score (nSPS) is 12.4. The smallest absolute Gasteiger partial charge is 0.389 e. The summed E-state index contributed by atoms with van der Waals surface area (Å²) in [6, 6.07) is 10.4. The summed E-state index contributed by atoms with van der Waals surface area (Å²) in [5.74, 6) is -1.05. The maximum absolute atomic E-state index is 12.7. The molecule has 0 saturated carbocycles. The Morgan fingerprint density at radius 3 is 2.42 bits per heavy atom. The van der Waals surface area contributed by atoms with Gasteiger partial charge in [-0.2, -0.15) is 13.2 Å². The van der Waals surface area contributed by atoms with Gasteiger partial charge in [0.05, 0.1) is 19.8 Å². The van der Waals surface area contributed by atoms with Crippen molar-refractivity contribution in [2.45, 2.75) is 45.8 Å². The molecule has 3 aromatic rings. The Labute approximate surface area is 208 Å². The van der Waals surface area contributed by atoms with Crippen LogP contribution in [0.2, 0.25) is 0 Å². The molecule has 194 valence electrons. The van der Waals surface area contributed by atoms with Crippen LogP contribution in [-0.2, 0) is 17.7 Å². The van der Waals surface area contributed by atoms with E-state index in [0.29, 0.717) is 23.3 Å². The Kier molecular flexibility index (Phi) is 8.66. The number of nitrogens with one attached hydrogen (secondary N) is 1. The summed E-state index contributed by atoms with van der Waals surface area (Å²) in [7, 11) is 2.85. The zero-order valence-corrected chi connectivity index (χ0v) is 20.9. The number of alkyl halides is 3. The Balaban J connectivity index is 1.90. The van der Waals surface area contributed by atoms with Gasteiger partial charge >= 0.3 is 12.1 Å². The number of amides is 1. The van der Waals surface area contributed by atoms with Crippen molar-refractivity contribution in [3.05, 3.63) is 64.8 Å². The number of rotatable bonds is 10. The summed E-state index contributed by atoms with van der Waals surface area (Å²) >= 11 is 0. The highest BCUT2D eigenvalue weighted by molar-refractivity contribution is 5.99. The van der Waals surface area contributed by atoms with Crippen molar-refractivity contribution in [2.75, 3.05) is 20.8 Å². The molecule has 0 fully saturated rings. The van der Waals surface area contributed by atoms with Gasteiger partial charge in [-0.05, 0) is 53.8 Å². The molecule has 9 heteroatoms. The number of aromatic nitrogens is 1. The predicted octanol–water partition coefficient (Wildman–Crippen LogP) is 5.76. The predicted molar refractivity (Wildman–Crippen MR) is 132 cm³/mol. The average Bonchev–Trinajstić information content (AvgIpc) is 3.17. The SMILES string of the molecule is CCCn1cc(Cc2ccc(C(=O)OC)cc2OC)c2cc(C(=O)NCC(C)CC(F)(F)F)ccc21. The number of aryl methyl sites for hydroxylation is 1. The van der Waals surface area contributed by atoms with Gasteiger partial charge in [0.2, 0.25) is 0 Å². The number of benzene rings is 2. The molecule has 1 amide bonds. The number of carbonyl (C=O) groups excluding carboxylic acids is 2. The van der Waals surface area contributed by atoms with Crippen molar-refractivity contribution in [1.29, 1.82) is 0 Å². The third-order valence-corrected chi connectivity index (χ3v) is 5.97. The fourth-order valence-electron chi connectivity index (χ4n) is 4.26. The molecule has 1 atom stereocenters. The summed E-state index contributed by atoms with van der Waals surface area (Å²) in [5.41, 5.74) is 3.54. The third kappa shape index (κ3) is 6.59. The van der Waals surface area contributed by atoms with Crippen LogP contribution in [0.15, 0.2) is 42.6 Å². The lowest BCUT2D eigenvalue weighted by molar-refractivity contribution is -0.142. The number of carbonyl (C=O) groups is 2. The molecule has 0 spiro atoms. The van der Waals surface area contributed by atoms with Gasteiger partial charge in [0.15, 0.2) is 0 Å². The second-order valence-corrected chi connectivity index (χ2v) is 8.91. The molecular weight excluding hydrogens is 473 g/mol. The first kappa shape index (κ1) is 27.1. The molecule has 2 aromatic carbocycles. The van der Waals surface area contributed by atoms with Gasteiger partial charge < -0.3 is 19.4 Å². The number of methoxy groups -OCH3 is 2. The van der Waals surface area contributed by atoms with Crippen molar-refractivity contribution in [3.63, 3.8) is 0 Å². The largest absolute Gasteiger partial charge is 0.496 e. The number of nitrogens with zero attached hydrogens (tertiary/aromatic N) is 1. The first-order chi connectivity index (χ1) is 17.1. The molecule has 0 bridgehead atoms. The molecule has 0 aliphatic carbocycles. The molecule has 1 heterocycles. The monoisotopic (exact) mass is 504 g/mol. The van der Waals surface area contributed by atoms with Gasteiger partial charge in [0.25, 0.3) is 5.91 Å². The topological polar surface area (TPSA) is 69.6 Å². The van der Waals surface area contributed by atoms with E-state index in [0.717, 1.165) is 35.0 Å². The van der Waals surface area contributed by atoms with Gasteiger partial charge in [0.1, 0.15) is 5.75 Å². The molecular formula is C27H31F3N2O4. The van der Waals surface area contributed by atoms with Crippen LogP contribution >= 0.6 is 0 Å². The zero-order chi connectivity index (χ0) is 26.5. The molecule has 0 radical (unpaired) electrons. The summed E-state index contributed by atoms with van der Waals surface area (Å²) in [6.07, 6.45) is -1.77. The van der Waals surface area contributed by atoms with Crippen molar-refractivity contribution in [1.82, 2.24) is 9.88 Å². The van der Waals surface area contributed by atoms with E-state index in [9.17, 15) is 22.8 Å². The van der Waals surface area contributed by atoms with E-state index in [2.05, 4.69) is 16.8 Å². The first-order valence-corrected chi connectivity index (χ1v) is 11.8. The van der Waals surface area contributed by atoms with Gasteiger partial charge in [0, 0.05) is 48.6 Å². The second kappa shape index (κ2) is 11.5. The third-order valence-electron chi connectivity index (χ3n) is 5.97. The average molecular weight is 505 g/mol. The number of fused-ring (bicyclic) bond motifs is 1. The van der Waals surface area contributed by atoms with E-state index in [1.807, 2.05) is 18.3 Å². The van der Waals surface area contributed by atoms with Crippen LogP contribution < -0.4 is 10.1 Å². The number of hydrogen-bond donors (Lipinski definition) is 1. The summed E-state index contributed by atoms with van der Waals surface area (Å²) < 4.78 is 50.2. The molecule has 6 nitrogen and oxygen atoms in total. The molecule has 0 saturated heterocycles. The number of ether oxygens (including phenoxy) is 2. The molecule has 0 aliphatic heterocycles. The maximum Gasteiger partial charge on any atom is 0.389 e. The van der Waals surface area contributed by atoms with Crippen LogP contribution in [0.5, 0.6) is 5.75 Å². The Morgan fingerprint density at radius 2 is 1.78 bits per heavy atom. The highest BCUT2D eigenvalue weighted by Crippen LogP contribution is 2.30. The van der Waals surface area contributed by atoms with E-state index in [1.165, 1.54) is 21.1 Å². The van der Waals surface area contributed by atoms with Gasteiger partial charge in [-0.15, -0.1) is 0 Å². The van der Waals surface area contributed by atoms with Gasteiger partial charge in [-0.25, -0.2) is 4.79 Å². The molecule has 3 rings (SSSR count). The molecule has 1 aromatic heterocycles. The fraction of sp³-hybridized carbons (Fsp3) is 0.407. The highest BCUT2D eigenvalue weighted by Gasteiger charge is 2.30. The maximum atomic E-state index is 12.7. The van der Waals surface area contributed by atoms with Crippen molar-refractivity contribution in [3.8, 4) is 5.75 Å². The molecule has 1 unspecified atom stereocenters. The molecule has 0 aliphatic rings. The van der Waals surface area contributed by atoms with Crippen LogP contribution in [0.3, 0.4) is 0 Å². The van der Waals surface area contributed by atoms with Crippen molar-refractivity contribution in [2.24, 2.45) is 5.92 Å². The van der Waals surface area contributed by atoms with Crippen LogP contribution in [-0.4, -0.2) is 43.4 Å². The Bertz CT molecular complexity index is 1230. The minimum Gasteiger partial charge on any atom is -0.496 e. The van der Waals surface area contributed by atoms with E-state index in [4.69, 9.17) is 9.47 Å². The van der Waals surface area contributed by atoms with E-state index >= 15 is 0 Å². The van der Waals surface area contributed by atoms with Crippen LogP contribution in [0.25, 0.3) is 10.9 Å². The fourth-order valence-corrected chi connectivity index (χ4v) is 4.26. The van der Waals surface area contributed by atoms with Crippen molar-refractivity contribution < 1.29 is 32.2 Å². The van der Waals surface area contributed by atoms with Gasteiger partial charge in [-0.3, -0.25) is 4.79 Å². The van der Waals surface area contributed by atoms with Crippen molar-refractivity contribution >= 4 is 22.8 Å². The quantitative estimate of drug-likeness (QED) is 0.357. The number of esters is 1. The molecule has 1 N–H and O–H groups in total. The van der Waals surface area contributed by atoms with Crippen LogP contribution in [0.4, 0.5) is 13.2 Å². The van der Waals surface area contributed by atoms with Crippen LogP contribution in [0, 0.1) is 5.92 Å². The standard InChI is InChI=1S/C27H31F3N2O4/c1-5-10-32-16-21(11-18-6-7-20(26(34)36-4)13-24(18)35-3)22-12-19(8-9-23(22)32)25(33)31-15-17(2)14-27(28,29)30/h6-9,12-13,16-17H,5,10-11,14-15H2,1-4H3,(H,31,33). The van der Waals surface area contributed by atoms with Crippen LogP contribution in [0.1, 0.15) is 58.5 Å². The van der Waals surface area contributed by atoms with E-state index in [-0.39, 0.29) is 6.54 Å². The minimum absolute atomic E-state index is 0.0656. The summed E-state index contributed by atoms with van der Waals surface area (Å²) in [4.78, 5) is 24.6. The van der Waals surface area contributed by atoms with E-state index < -0.39 is 30.4 Å². The van der Waals surface area contributed by atoms with Gasteiger partial charge in [-0.1, -0.05) is 19.9 Å². The first-order valence-electron chi connectivity index (χ1n) is 11.8. The second-order valence-electron chi connectivity index (χ2n) is 8.91. The lowest BCUT2D eigenvalue weighted by atomic mass is 10.0. The minimum atomic E-state index is -4.27. The lowest BCUT2D eigenvalue weighted by Gasteiger charge is -2.15. The summed E-state index contributed by atoms with van der Waals surface area (Å²) in [5, 5.41) is 3.49. The number of halogens is 3. The van der Waals surface area contributed by atoms with E-state index in [1.54, 1.807) is 24.3 Å². The highest BCUT2D eigenvalue weighted by atomic mass is 19.4. The zero-order valence-electron chi connectivity index (χ0n) is 20.9. The molecule has 36 heavy (non-hydrogen) atoms. The summed E-state index contributed by atoms with van der Waals surface area (Å²) in [6.45, 7) is 4.25.